The number of nitrogens with one attached hydrogen (secondary N) is 1. The molecule has 4 rings (SSSR count). The van der Waals surface area contributed by atoms with Crippen LogP contribution in [0.5, 0.6) is 5.75 Å². The fourth-order valence-corrected chi connectivity index (χ4v) is 3.10. The van der Waals surface area contributed by atoms with Gasteiger partial charge in [-0.05, 0) is 31.5 Å². The normalized spacial score (nSPS) is 17.9. The Morgan fingerprint density at radius 1 is 1.43 bits per heavy atom. The third-order valence-electron chi connectivity index (χ3n) is 4.26. The molecule has 23 heavy (non-hydrogen) atoms. The van der Waals surface area contributed by atoms with Crippen molar-refractivity contribution < 1.29 is 4.74 Å². The number of anilines is 1. The van der Waals surface area contributed by atoms with Crippen LogP contribution >= 0.6 is 0 Å². The maximum atomic E-state index is 6.02. The summed E-state index contributed by atoms with van der Waals surface area (Å²) in [5, 5.41) is 12.0. The zero-order chi connectivity index (χ0) is 15.8. The quantitative estimate of drug-likeness (QED) is 0.762. The van der Waals surface area contributed by atoms with Crippen molar-refractivity contribution in [3.8, 4) is 17.0 Å². The highest BCUT2D eigenvalue weighted by molar-refractivity contribution is 5.71. The van der Waals surface area contributed by atoms with E-state index in [1.807, 2.05) is 36.1 Å². The molecule has 0 bridgehead atoms. The second kappa shape index (κ2) is 5.58. The Morgan fingerprint density at radius 3 is 3.17 bits per heavy atom. The molecule has 120 valence electrons. The Hall–Kier alpha value is -2.54. The van der Waals surface area contributed by atoms with E-state index in [-0.39, 0.29) is 0 Å². The number of hydrogen-bond acceptors (Lipinski definition) is 5. The van der Waals surface area contributed by atoms with Gasteiger partial charge in [-0.3, -0.25) is 4.68 Å². The summed E-state index contributed by atoms with van der Waals surface area (Å²) in [6.07, 6.45) is 6.06. The lowest BCUT2D eigenvalue weighted by Gasteiger charge is -2.13. The van der Waals surface area contributed by atoms with Crippen LogP contribution in [0.2, 0.25) is 0 Å². The number of nitrogen functional groups attached to an aromatic ring is 1. The highest BCUT2D eigenvalue weighted by atomic mass is 16.5. The molecule has 3 aromatic heterocycles. The monoisotopic (exact) mass is 312 g/mol. The molecule has 1 unspecified atom stereocenters. The van der Waals surface area contributed by atoms with Crippen molar-refractivity contribution in [2.24, 2.45) is 7.05 Å². The number of hydrogen-bond donors (Lipinski definition) is 2. The van der Waals surface area contributed by atoms with Gasteiger partial charge in [-0.2, -0.15) is 10.2 Å². The summed E-state index contributed by atoms with van der Waals surface area (Å²) < 4.78 is 9.62. The van der Waals surface area contributed by atoms with Crippen molar-refractivity contribution >= 4 is 11.3 Å². The minimum atomic E-state index is 0.431. The molecule has 0 aliphatic carbocycles. The summed E-state index contributed by atoms with van der Waals surface area (Å²) in [7, 11) is 1.92. The van der Waals surface area contributed by atoms with E-state index in [0.717, 1.165) is 35.5 Å². The van der Waals surface area contributed by atoms with E-state index in [2.05, 4.69) is 15.5 Å². The van der Waals surface area contributed by atoms with Gasteiger partial charge in [-0.1, -0.05) is 0 Å². The first kappa shape index (κ1) is 14.1. The first-order valence-corrected chi connectivity index (χ1v) is 7.84. The lowest BCUT2D eigenvalue weighted by molar-refractivity contribution is 0.278. The van der Waals surface area contributed by atoms with Crippen LogP contribution in [0, 0.1) is 0 Å². The van der Waals surface area contributed by atoms with Crippen molar-refractivity contribution in [1.29, 1.82) is 0 Å². The molecule has 7 heteroatoms. The van der Waals surface area contributed by atoms with Gasteiger partial charge in [0.05, 0.1) is 11.7 Å². The van der Waals surface area contributed by atoms with Crippen LogP contribution < -0.4 is 15.8 Å². The fourth-order valence-electron chi connectivity index (χ4n) is 3.10. The van der Waals surface area contributed by atoms with Crippen LogP contribution in [0.25, 0.3) is 16.8 Å². The van der Waals surface area contributed by atoms with Crippen LogP contribution in [-0.4, -0.2) is 38.6 Å². The third-order valence-corrected chi connectivity index (χ3v) is 4.26. The second-order valence-electron chi connectivity index (χ2n) is 5.94. The van der Waals surface area contributed by atoms with Crippen molar-refractivity contribution in [1.82, 2.24) is 24.7 Å². The molecular weight excluding hydrogens is 292 g/mol. The number of pyridine rings is 1. The molecule has 0 amide bonds. The number of rotatable bonds is 4. The lowest BCUT2D eigenvalue weighted by atomic mass is 10.1. The van der Waals surface area contributed by atoms with Gasteiger partial charge in [0.1, 0.15) is 18.1 Å². The van der Waals surface area contributed by atoms with Gasteiger partial charge in [-0.15, -0.1) is 0 Å². The molecule has 0 spiro atoms. The van der Waals surface area contributed by atoms with Gasteiger partial charge < -0.3 is 15.8 Å². The fraction of sp³-hybridized carbons (Fsp3) is 0.375. The Morgan fingerprint density at radius 2 is 2.35 bits per heavy atom. The molecule has 0 radical (unpaired) electrons. The molecule has 3 N–H and O–H groups in total. The summed E-state index contributed by atoms with van der Waals surface area (Å²) in [6.45, 7) is 1.74. The molecule has 1 aliphatic heterocycles. The standard InChI is InChI=1S/C16H20N6O/c1-21-16(11-4-6-22-13(7-11)8-15(17)20-22)14(9-19-21)23-10-12-3-2-5-18-12/h4,6-9,12,18H,2-3,5,10H2,1H3,(H2,17,20). The average molecular weight is 312 g/mol. The molecule has 3 aromatic rings. The van der Waals surface area contributed by atoms with Gasteiger partial charge in [0.15, 0.2) is 5.75 Å². The van der Waals surface area contributed by atoms with Crippen LogP contribution in [0.1, 0.15) is 12.8 Å². The minimum Gasteiger partial charge on any atom is -0.488 e. The summed E-state index contributed by atoms with van der Waals surface area (Å²) in [5.41, 5.74) is 8.70. The summed E-state index contributed by atoms with van der Waals surface area (Å²) >= 11 is 0. The maximum absolute atomic E-state index is 6.02. The Balaban J connectivity index is 1.64. The van der Waals surface area contributed by atoms with Gasteiger partial charge in [0.25, 0.3) is 0 Å². The number of aryl methyl sites for hydroxylation is 1. The summed E-state index contributed by atoms with van der Waals surface area (Å²) in [6, 6.07) is 6.32. The van der Waals surface area contributed by atoms with Gasteiger partial charge >= 0.3 is 0 Å². The third kappa shape index (κ3) is 2.63. The second-order valence-corrected chi connectivity index (χ2v) is 5.94. The molecule has 7 nitrogen and oxygen atoms in total. The van der Waals surface area contributed by atoms with E-state index in [4.69, 9.17) is 10.5 Å². The number of nitrogens with zero attached hydrogens (tertiary/aromatic N) is 4. The largest absolute Gasteiger partial charge is 0.488 e. The van der Waals surface area contributed by atoms with Crippen molar-refractivity contribution in [2.75, 3.05) is 18.9 Å². The van der Waals surface area contributed by atoms with Crippen molar-refractivity contribution in [3.05, 3.63) is 30.6 Å². The molecule has 1 aliphatic rings. The highest BCUT2D eigenvalue weighted by Crippen LogP contribution is 2.30. The Bertz CT molecular complexity index is 830. The summed E-state index contributed by atoms with van der Waals surface area (Å²) in [5.74, 6) is 1.31. The maximum Gasteiger partial charge on any atom is 0.165 e. The van der Waals surface area contributed by atoms with Crippen LogP contribution in [0.3, 0.4) is 0 Å². The number of aromatic nitrogens is 4. The van der Waals surface area contributed by atoms with Crippen molar-refractivity contribution in [3.63, 3.8) is 0 Å². The van der Waals surface area contributed by atoms with Gasteiger partial charge in [-0.25, -0.2) is 4.52 Å². The van der Waals surface area contributed by atoms with E-state index >= 15 is 0 Å². The molecule has 1 atom stereocenters. The first-order valence-electron chi connectivity index (χ1n) is 7.84. The zero-order valence-electron chi connectivity index (χ0n) is 13.1. The number of ether oxygens (including phenoxy) is 1. The lowest BCUT2D eigenvalue weighted by Crippen LogP contribution is -2.28. The van der Waals surface area contributed by atoms with E-state index in [1.54, 1.807) is 10.7 Å². The van der Waals surface area contributed by atoms with Gasteiger partial charge in [0.2, 0.25) is 0 Å². The first-order chi connectivity index (χ1) is 11.2. The molecule has 1 saturated heterocycles. The predicted molar refractivity (Wildman–Crippen MR) is 88.3 cm³/mol. The molecule has 0 aromatic carbocycles. The number of nitrogens with two attached hydrogens (primary N) is 1. The van der Waals surface area contributed by atoms with E-state index in [0.29, 0.717) is 18.5 Å². The smallest absolute Gasteiger partial charge is 0.165 e. The Labute approximate surface area is 134 Å². The van der Waals surface area contributed by atoms with E-state index in [9.17, 15) is 0 Å². The van der Waals surface area contributed by atoms with E-state index in [1.165, 1.54) is 6.42 Å². The number of fused-ring (bicyclic) bond motifs is 1. The molecule has 0 saturated carbocycles. The summed E-state index contributed by atoms with van der Waals surface area (Å²) in [4.78, 5) is 0. The topological polar surface area (TPSA) is 82.4 Å². The zero-order valence-corrected chi connectivity index (χ0v) is 13.1. The van der Waals surface area contributed by atoms with E-state index < -0.39 is 0 Å². The van der Waals surface area contributed by atoms with Crippen LogP contribution in [0.15, 0.2) is 30.6 Å². The minimum absolute atomic E-state index is 0.431. The van der Waals surface area contributed by atoms with Crippen LogP contribution in [0.4, 0.5) is 5.82 Å². The van der Waals surface area contributed by atoms with Crippen LogP contribution in [-0.2, 0) is 7.05 Å². The molecule has 4 heterocycles. The Kier molecular flexibility index (Phi) is 3.42. The predicted octanol–water partition coefficient (Wildman–Crippen LogP) is 1.45. The SMILES string of the molecule is Cn1ncc(OCC2CCCN2)c1-c1ccn2nc(N)cc2c1. The molecule has 1 fully saturated rings. The van der Waals surface area contributed by atoms with Gasteiger partial charge in [0, 0.05) is 30.9 Å². The van der Waals surface area contributed by atoms with Crippen molar-refractivity contribution in [2.45, 2.75) is 18.9 Å². The highest BCUT2D eigenvalue weighted by Gasteiger charge is 2.18. The molecular formula is C16H20N6O. The average Bonchev–Trinajstić information content (AvgIpc) is 3.23.